The number of hydrogen-bond donors (Lipinski definition) is 0. The van der Waals surface area contributed by atoms with Gasteiger partial charge in [-0.05, 0) is 99.4 Å². The fraction of sp³-hybridized carbons (Fsp3) is 0.133. The van der Waals surface area contributed by atoms with Crippen LogP contribution in [0.15, 0.2) is 181 Å². The predicted molar refractivity (Wildman–Crippen MR) is 261 cm³/mol. The normalized spacial score (nSPS) is 14.2. The van der Waals surface area contributed by atoms with Crippen molar-refractivity contribution < 1.29 is 36.9 Å². The summed E-state index contributed by atoms with van der Waals surface area (Å²) in [6, 6.07) is 55.1. The van der Waals surface area contributed by atoms with Crippen LogP contribution in [0.25, 0.3) is 66.8 Å². The van der Waals surface area contributed by atoms with E-state index in [-0.39, 0.29) is 60.4 Å². The molecule has 10 aromatic rings. The van der Waals surface area contributed by atoms with Gasteiger partial charge in [-0.15, -0.1) is 90.0 Å². The molecule has 0 unspecified atom stereocenters. The average Bonchev–Trinajstić information content (AvgIpc) is 3.80. The van der Waals surface area contributed by atoms with Gasteiger partial charge < -0.3 is 19.4 Å². The standard InChI is InChI=1S/C60H45N4O.Ir/c1-60(2,50-28-32-56(64-40-50)53-20-12-19-51-52-29-27-49(37-61)57(59(52)65-58(51)53)48-17-10-5-11-18-48)36-45-34-43(23-21-41-25-30-54(62-38-41)46-13-6-3-7-14-46)33-44(35-45)24-22-42-26-31-55(63-39-42)47-15-8-4-9-16-47;/h3-13,15,17-19,25-35,38-40H,21-24,36H2,1-2H3;/q-3;+3/i21D2,22D2,23D2,24D2,27D;. The minimum absolute atomic E-state index is 0. The second-order valence-corrected chi connectivity index (χ2v) is 16.3. The van der Waals surface area contributed by atoms with Gasteiger partial charge in [-0.25, -0.2) is 0 Å². The first-order valence-electron chi connectivity index (χ1n) is 25.7. The molecule has 66 heavy (non-hydrogen) atoms. The Bertz CT molecular complexity index is 3610. The molecule has 0 saturated carbocycles. The zero-order valence-electron chi connectivity index (χ0n) is 44.9. The Morgan fingerprint density at radius 3 is 1.73 bits per heavy atom. The number of pyridine rings is 3. The van der Waals surface area contributed by atoms with Crippen LogP contribution in [0.1, 0.15) is 65.1 Å². The van der Waals surface area contributed by atoms with E-state index in [9.17, 15) is 16.2 Å². The average molecular weight is 1040 g/mol. The van der Waals surface area contributed by atoms with E-state index in [0.717, 1.165) is 16.5 Å². The summed E-state index contributed by atoms with van der Waals surface area (Å²) in [7, 11) is 0. The third-order valence-corrected chi connectivity index (χ3v) is 11.3. The Morgan fingerprint density at radius 2 is 1.17 bits per heavy atom. The largest absolute Gasteiger partial charge is 3.00 e. The molecule has 10 rings (SSSR count). The molecule has 0 N–H and O–H groups in total. The molecule has 0 amide bonds. The van der Waals surface area contributed by atoms with Crippen molar-refractivity contribution in [3.05, 3.63) is 233 Å². The minimum atomic E-state index is -2.79. The van der Waals surface area contributed by atoms with Gasteiger partial charge in [-0.2, -0.15) is 5.26 Å². The van der Waals surface area contributed by atoms with Crippen molar-refractivity contribution in [1.82, 2.24) is 15.0 Å². The smallest absolute Gasteiger partial charge is 0.500 e. The molecule has 0 atom stereocenters. The number of aromatic nitrogens is 3. The van der Waals surface area contributed by atoms with Gasteiger partial charge in [0.25, 0.3) is 0 Å². The van der Waals surface area contributed by atoms with Crippen molar-refractivity contribution in [3.8, 4) is 51.0 Å². The van der Waals surface area contributed by atoms with Crippen LogP contribution in [-0.2, 0) is 57.4 Å². The van der Waals surface area contributed by atoms with E-state index in [4.69, 9.17) is 10.8 Å². The van der Waals surface area contributed by atoms with E-state index in [2.05, 4.69) is 34.2 Å². The van der Waals surface area contributed by atoms with E-state index in [1.54, 1.807) is 42.6 Å². The molecule has 0 aliphatic heterocycles. The molecule has 0 saturated heterocycles. The van der Waals surface area contributed by atoms with E-state index >= 15 is 0 Å². The molecule has 320 valence electrons. The predicted octanol–water partition coefficient (Wildman–Crippen LogP) is 13.8. The van der Waals surface area contributed by atoms with Crippen LogP contribution in [-0.4, -0.2) is 15.0 Å². The number of rotatable bonds is 13. The van der Waals surface area contributed by atoms with Crippen molar-refractivity contribution in [3.63, 3.8) is 0 Å². The molecule has 6 heteroatoms. The van der Waals surface area contributed by atoms with Gasteiger partial charge in [0.2, 0.25) is 0 Å². The summed E-state index contributed by atoms with van der Waals surface area (Å²) < 4.78 is 90.7. The fourth-order valence-corrected chi connectivity index (χ4v) is 8.04. The number of benzene rings is 6. The van der Waals surface area contributed by atoms with Gasteiger partial charge in [0, 0.05) is 40.5 Å². The number of furan rings is 1. The maximum absolute atomic E-state index is 10.1. The summed E-state index contributed by atoms with van der Waals surface area (Å²) in [6.07, 6.45) is -6.48. The topological polar surface area (TPSA) is 75.6 Å². The van der Waals surface area contributed by atoms with Gasteiger partial charge in [-0.1, -0.05) is 116 Å². The van der Waals surface area contributed by atoms with Crippen LogP contribution in [0.5, 0.6) is 0 Å². The van der Waals surface area contributed by atoms with Crippen molar-refractivity contribution >= 4 is 21.9 Å². The van der Waals surface area contributed by atoms with Crippen molar-refractivity contribution in [2.24, 2.45) is 0 Å². The molecule has 0 bridgehead atoms. The molecule has 4 heterocycles. The van der Waals surface area contributed by atoms with Crippen LogP contribution < -0.4 is 0 Å². The summed E-state index contributed by atoms with van der Waals surface area (Å²) in [5, 5.41) is 11.6. The second kappa shape index (κ2) is 19.4. The van der Waals surface area contributed by atoms with Crippen LogP contribution in [0.2, 0.25) is 0 Å². The van der Waals surface area contributed by atoms with Gasteiger partial charge in [-0.3, -0.25) is 0 Å². The number of hydrogen-bond acceptors (Lipinski definition) is 5. The molecule has 6 aromatic carbocycles. The van der Waals surface area contributed by atoms with Gasteiger partial charge in [0.15, 0.2) is 0 Å². The van der Waals surface area contributed by atoms with E-state index in [0.29, 0.717) is 61.5 Å². The van der Waals surface area contributed by atoms with Crippen LogP contribution >= 0.6 is 0 Å². The maximum Gasteiger partial charge on any atom is 3.00 e. The first kappa shape index (κ1) is 34.1. The van der Waals surface area contributed by atoms with Crippen molar-refractivity contribution in [1.29, 1.82) is 5.26 Å². The first-order valence-corrected chi connectivity index (χ1v) is 21.2. The monoisotopic (exact) mass is 1040 g/mol. The number of aryl methyl sites for hydroxylation is 4. The summed E-state index contributed by atoms with van der Waals surface area (Å²) in [5.74, 6) is 0. The van der Waals surface area contributed by atoms with Gasteiger partial charge in [0.05, 0.1) is 18.6 Å². The van der Waals surface area contributed by atoms with Crippen LogP contribution in [0.4, 0.5) is 0 Å². The summed E-state index contributed by atoms with van der Waals surface area (Å²) in [4.78, 5) is 13.8. The third-order valence-electron chi connectivity index (χ3n) is 11.3. The zero-order valence-corrected chi connectivity index (χ0v) is 38.3. The Balaban J connectivity index is 0.00000689. The molecule has 0 fully saturated rings. The van der Waals surface area contributed by atoms with Crippen LogP contribution in [0, 0.1) is 29.5 Å². The number of nitrogens with zero attached hydrogens (tertiary/aromatic N) is 4. The third kappa shape index (κ3) is 9.42. The van der Waals surface area contributed by atoms with Gasteiger partial charge in [0.1, 0.15) is 5.58 Å². The molecule has 0 aliphatic rings. The molecule has 5 nitrogen and oxygen atoms in total. The summed E-state index contributed by atoms with van der Waals surface area (Å²) in [5.41, 5.74) is 6.01. The van der Waals surface area contributed by atoms with E-state index in [1.807, 2.05) is 98.8 Å². The SMILES string of the molecule is [2H]c1cc2c(oc3c(-c4ccc(C(C)(C)Cc5cc(C([2H])([2H])C([2H])([2H])c6ccc(-c7[c-]cccc7)nc6)cc(C([2H])([2H])C([2H])([2H])c6ccc(-c7[c-]cccc7)nc6)c5)cn4)[c-]ccc32)c(-c2ccccc2)c1C#N.[Ir+3]. The second-order valence-electron chi connectivity index (χ2n) is 16.3. The number of nitriles is 1. The van der Waals surface area contributed by atoms with Crippen LogP contribution in [0.3, 0.4) is 0 Å². The minimum Gasteiger partial charge on any atom is -0.500 e. The zero-order chi connectivity index (χ0) is 52.2. The molecule has 0 radical (unpaired) electrons. The Hall–Kier alpha value is -7.29. The summed E-state index contributed by atoms with van der Waals surface area (Å²) >= 11 is 0. The van der Waals surface area contributed by atoms with E-state index < -0.39 is 30.9 Å². The fourth-order valence-electron chi connectivity index (χ4n) is 8.04. The maximum atomic E-state index is 10.1. The quantitative estimate of drug-likeness (QED) is 0.108. The van der Waals surface area contributed by atoms with E-state index in [1.165, 1.54) is 42.7 Å². The van der Waals surface area contributed by atoms with Crippen molar-refractivity contribution in [2.45, 2.75) is 51.2 Å². The first-order chi connectivity index (χ1) is 35.3. The van der Waals surface area contributed by atoms with Gasteiger partial charge >= 0.3 is 20.1 Å². The molecular weight excluding hydrogens is 985 g/mol. The van der Waals surface area contributed by atoms with Crippen molar-refractivity contribution in [2.75, 3.05) is 0 Å². The molecular formula is C60H45IrN4O. The molecule has 4 aromatic heterocycles. The molecule has 0 spiro atoms. The Kier molecular flexibility index (Phi) is 10.0. The molecule has 0 aliphatic carbocycles. The number of fused-ring (bicyclic) bond motifs is 3. The summed E-state index contributed by atoms with van der Waals surface area (Å²) in [6.45, 7) is 3.93. The Labute approximate surface area is 412 Å². The Morgan fingerprint density at radius 1 is 0.591 bits per heavy atom.